The quantitative estimate of drug-likeness (QED) is 0.893. The number of halogens is 1. The molecule has 1 aliphatic heterocycles. The van der Waals surface area contributed by atoms with Crippen molar-refractivity contribution >= 4 is 27.4 Å². The van der Waals surface area contributed by atoms with Gasteiger partial charge in [0.15, 0.2) is 5.82 Å². The molecule has 8 heteroatoms. The minimum absolute atomic E-state index is 0.143. The van der Waals surface area contributed by atoms with E-state index >= 15 is 0 Å². The van der Waals surface area contributed by atoms with E-state index in [2.05, 4.69) is 14.7 Å². The molecular formula is C9H12ClN3O3S. The van der Waals surface area contributed by atoms with Crippen LogP contribution in [0.15, 0.2) is 12.4 Å². The summed E-state index contributed by atoms with van der Waals surface area (Å²) in [5.74, 6) is 0.143. The largest absolute Gasteiger partial charge is 0.381 e. The summed E-state index contributed by atoms with van der Waals surface area (Å²) in [5, 5.41) is -0.297. The van der Waals surface area contributed by atoms with Gasteiger partial charge in [-0.3, -0.25) is 9.71 Å². The monoisotopic (exact) mass is 277 g/mol. The molecule has 2 heterocycles. The fourth-order valence-electron chi connectivity index (χ4n) is 1.61. The SMILES string of the molecule is O=S(=O)(Nc1cncc(Cl)n1)C1CCOCC1. The van der Waals surface area contributed by atoms with Crippen molar-refractivity contribution in [1.29, 1.82) is 0 Å². The number of nitrogens with one attached hydrogen (secondary N) is 1. The van der Waals surface area contributed by atoms with Crippen LogP contribution in [0, 0.1) is 0 Å². The molecule has 0 bridgehead atoms. The summed E-state index contributed by atoms with van der Waals surface area (Å²) in [5.41, 5.74) is 0. The van der Waals surface area contributed by atoms with Crippen LogP contribution in [-0.2, 0) is 14.8 Å². The molecule has 0 aliphatic carbocycles. The Labute approximate surface area is 104 Å². The van der Waals surface area contributed by atoms with Gasteiger partial charge in [0.25, 0.3) is 0 Å². The fraction of sp³-hybridized carbons (Fsp3) is 0.556. The lowest BCUT2D eigenvalue weighted by atomic mass is 10.2. The first kappa shape index (κ1) is 12.5. The van der Waals surface area contributed by atoms with Crippen molar-refractivity contribution in [3.05, 3.63) is 17.5 Å². The molecule has 0 atom stereocenters. The number of ether oxygens (including phenoxy) is 1. The smallest absolute Gasteiger partial charge is 0.236 e. The normalized spacial score (nSPS) is 17.9. The van der Waals surface area contributed by atoms with Gasteiger partial charge in [0.2, 0.25) is 10.0 Å². The van der Waals surface area contributed by atoms with Gasteiger partial charge in [0.1, 0.15) is 5.15 Å². The van der Waals surface area contributed by atoms with Crippen LogP contribution < -0.4 is 4.72 Å². The second-order valence-corrected chi connectivity index (χ2v) is 6.03. The molecule has 1 saturated heterocycles. The Bertz CT molecular complexity index is 488. The lowest BCUT2D eigenvalue weighted by Crippen LogP contribution is -2.33. The number of nitrogens with zero attached hydrogens (tertiary/aromatic N) is 2. The van der Waals surface area contributed by atoms with Crippen molar-refractivity contribution in [1.82, 2.24) is 9.97 Å². The Hall–Kier alpha value is -0.920. The van der Waals surface area contributed by atoms with Crippen LogP contribution in [0.25, 0.3) is 0 Å². The van der Waals surface area contributed by atoms with E-state index in [1.165, 1.54) is 12.4 Å². The molecule has 1 aromatic heterocycles. The van der Waals surface area contributed by atoms with Crippen LogP contribution in [0.3, 0.4) is 0 Å². The van der Waals surface area contributed by atoms with E-state index in [0.29, 0.717) is 26.1 Å². The van der Waals surface area contributed by atoms with E-state index in [9.17, 15) is 8.42 Å². The van der Waals surface area contributed by atoms with Crippen molar-refractivity contribution in [2.75, 3.05) is 17.9 Å². The second kappa shape index (κ2) is 5.16. The second-order valence-electron chi connectivity index (χ2n) is 3.69. The zero-order valence-electron chi connectivity index (χ0n) is 8.97. The average molecular weight is 278 g/mol. The van der Waals surface area contributed by atoms with Gasteiger partial charge in [-0.2, -0.15) is 0 Å². The molecule has 0 aromatic carbocycles. The van der Waals surface area contributed by atoms with Crippen LogP contribution in [0.1, 0.15) is 12.8 Å². The van der Waals surface area contributed by atoms with Gasteiger partial charge in [-0.15, -0.1) is 0 Å². The number of hydrogen-bond donors (Lipinski definition) is 1. The van der Waals surface area contributed by atoms with Crippen molar-refractivity contribution in [2.24, 2.45) is 0 Å². The molecule has 0 radical (unpaired) electrons. The summed E-state index contributed by atoms with van der Waals surface area (Å²) in [4.78, 5) is 7.60. The van der Waals surface area contributed by atoms with E-state index in [1.54, 1.807) is 0 Å². The Morgan fingerprint density at radius 2 is 2.06 bits per heavy atom. The minimum atomic E-state index is -3.44. The number of anilines is 1. The lowest BCUT2D eigenvalue weighted by Gasteiger charge is -2.22. The zero-order chi connectivity index (χ0) is 12.3. The molecule has 1 aromatic rings. The average Bonchev–Trinajstić information content (AvgIpc) is 2.29. The first-order chi connectivity index (χ1) is 8.08. The molecule has 0 saturated carbocycles. The van der Waals surface area contributed by atoms with Crippen molar-refractivity contribution in [2.45, 2.75) is 18.1 Å². The summed E-state index contributed by atoms with van der Waals surface area (Å²) in [6.07, 6.45) is 3.64. The van der Waals surface area contributed by atoms with E-state index in [-0.39, 0.29) is 11.0 Å². The van der Waals surface area contributed by atoms with Crippen molar-refractivity contribution in [3.63, 3.8) is 0 Å². The molecule has 6 nitrogen and oxygen atoms in total. The fourth-order valence-corrected chi connectivity index (χ4v) is 3.12. The summed E-state index contributed by atoms with van der Waals surface area (Å²) >= 11 is 5.63. The predicted octanol–water partition coefficient (Wildman–Crippen LogP) is 1.05. The Morgan fingerprint density at radius 3 is 2.71 bits per heavy atom. The molecule has 1 N–H and O–H groups in total. The van der Waals surface area contributed by atoms with E-state index in [1.807, 2.05) is 0 Å². The molecule has 1 fully saturated rings. The third-order valence-electron chi connectivity index (χ3n) is 2.46. The van der Waals surface area contributed by atoms with Gasteiger partial charge >= 0.3 is 0 Å². The Balaban J connectivity index is 2.11. The highest BCUT2D eigenvalue weighted by molar-refractivity contribution is 7.93. The van der Waals surface area contributed by atoms with Gasteiger partial charge in [0.05, 0.1) is 17.6 Å². The molecule has 2 rings (SSSR count). The van der Waals surface area contributed by atoms with E-state index < -0.39 is 15.3 Å². The highest BCUT2D eigenvalue weighted by Crippen LogP contribution is 2.18. The first-order valence-electron chi connectivity index (χ1n) is 5.15. The van der Waals surface area contributed by atoms with Gasteiger partial charge in [-0.1, -0.05) is 11.6 Å². The Morgan fingerprint density at radius 1 is 1.35 bits per heavy atom. The summed E-state index contributed by atoms with van der Waals surface area (Å²) < 4.78 is 31.5. The van der Waals surface area contributed by atoms with Gasteiger partial charge < -0.3 is 4.74 Å². The van der Waals surface area contributed by atoms with Crippen LogP contribution in [0.4, 0.5) is 5.82 Å². The minimum Gasteiger partial charge on any atom is -0.381 e. The summed E-state index contributed by atoms with van der Waals surface area (Å²) in [6, 6.07) is 0. The number of sulfonamides is 1. The molecule has 94 valence electrons. The van der Waals surface area contributed by atoms with E-state index in [4.69, 9.17) is 16.3 Å². The third-order valence-corrected chi connectivity index (χ3v) is 4.48. The van der Waals surface area contributed by atoms with Crippen LogP contribution in [-0.4, -0.2) is 36.8 Å². The third kappa shape index (κ3) is 3.27. The number of hydrogen-bond acceptors (Lipinski definition) is 5. The molecule has 0 spiro atoms. The zero-order valence-corrected chi connectivity index (χ0v) is 10.5. The highest BCUT2D eigenvalue weighted by atomic mass is 35.5. The summed E-state index contributed by atoms with van der Waals surface area (Å²) in [7, 11) is -3.44. The Kier molecular flexibility index (Phi) is 3.80. The van der Waals surface area contributed by atoms with Gasteiger partial charge in [-0.25, -0.2) is 13.4 Å². The predicted molar refractivity (Wildman–Crippen MR) is 63.4 cm³/mol. The summed E-state index contributed by atoms with van der Waals surface area (Å²) in [6.45, 7) is 0.930. The maximum absolute atomic E-state index is 12.0. The maximum Gasteiger partial charge on any atom is 0.236 e. The lowest BCUT2D eigenvalue weighted by molar-refractivity contribution is 0.0984. The van der Waals surface area contributed by atoms with Crippen LogP contribution >= 0.6 is 11.6 Å². The molecule has 1 aliphatic rings. The van der Waals surface area contributed by atoms with Crippen molar-refractivity contribution in [3.8, 4) is 0 Å². The van der Waals surface area contributed by atoms with Crippen LogP contribution in [0.2, 0.25) is 5.15 Å². The highest BCUT2D eigenvalue weighted by Gasteiger charge is 2.28. The number of aromatic nitrogens is 2. The van der Waals surface area contributed by atoms with E-state index in [0.717, 1.165) is 0 Å². The number of rotatable bonds is 3. The standard InChI is InChI=1S/C9H12ClN3O3S/c10-8-5-11-6-9(12-8)13-17(14,15)7-1-3-16-4-2-7/h5-7H,1-4H2,(H,12,13). The topological polar surface area (TPSA) is 81.2 Å². The maximum atomic E-state index is 12.0. The molecule has 17 heavy (non-hydrogen) atoms. The molecule has 0 amide bonds. The van der Waals surface area contributed by atoms with Gasteiger partial charge in [-0.05, 0) is 12.8 Å². The first-order valence-corrected chi connectivity index (χ1v) is 7.07. The van der Waals surface area contributed by atoms with Crippen LogP contribution in [0.5, 0.6) is 0 Å². The van der Waals surface area contributed by atoms with Crippen molar-refractivity contribution < 1.29 is 13.2 Å². The van der Waals surface area contributed by atoms with Gasteiger partial charge in [0, 0.05) is 13.2 Å². The molecular weight excluding hydrogens is 266 g/mol. The molecule has 0 unspecified atom stereocenters.